The minimum atomic E-state index is -0.989. The van der Waals surface area contributed by atoms with Crippen LogP contribution in [0.1, 0.15) is 29.1 Å². The van der Waals surface area contributed by atoms with Gasteiger partial charge < -0.3 is 9.67 Å². The number of pyridine rings is 1. The third-order valence-electron chi connectivity index (χ3n) is 3.85. The molecule has 1 aliphatic carbocycles. The molecule has 1 N–H and O–H groups in total. The third kappa shape index (κ3) is 2.03. The topological polar surface area (TPSA) is 68.0 Å². The van der Waals surface area contributed by atoms with E-state index < -0.39 is 5.97 Å². The highest BCUT2D eigenvalue weighted by atomic mass is 32.1. The molecule has 0 saturated carbocycles. The van der Waals surface area contributed by atoms with Gasteiger partial charge in [0, 0.05) is 34.4 Å². The van der Waals surface area contributed by atoms with E-state index in [4.69, 9.17) is 5.11 Å². The lowest BCUT2D eigenvalue weighted by Gasteiger charge is -2.04. The second-order valence-corrected chi connectivity index (χ2v) is 6.08. The van der Waals surface area contributed by atoms with Gasteiger partial charge in [-0.25, -0.2) is 14.8 Å². The summed E-state index contributed by atoms with van der Waals surface area (Å²) in [5, 5.41) is 12.0. The first kappa shape index (κ1) is 13.2. The molecular formula is C16H13N3O2S. The lowest BCUT2D eigenvalue weighted by atomic mass is 10.2. The van der Waals surface area contributed by atoms with Gasteiger partial charge in [-0.3, -0.25) is 0 Å². The molecule has 3 aromatic heterocycles. The largest absolute Gasteiger partial charge is 0.476 e. The van der Waals surface area contributed by atoms with E-state index in [-0.39, 0.29) is 5.01 Å². The Labute approximate surface area is 130 Å². The predicted octanol–water partition coefficient (Wildman–Crippen LogP) is 3.88. The Balaban J connectivity index is 1.92. The molecule has 0 atom stereocenters. The van der Waals surface area contributed by atoms with E-state index in [9.17, 15) is 4.79 Å². The van der Waals surface area contributed by atoms with Gasteiger partial charge in [-0.05, 0) is 31.4 Å². The van der Waals surface area contributed by atoms with Crippen LogP contribution in [0.25, 0.3) is 28.0 Å². The zero-order valence-corrected chi connectivity index (χ0v) is 12.5. The zero-order valence-electron chi connectivity index (χ0n) is 11.7. The molecular weight excluding hydrogens is 298 g/mol. The Morgan fingerprint density at radius 2 is 2.32 bits per heavy atom. The van der Waals surface area contributed by atoms with Crippen LogP contribution in [-0.4, -0.2) is 25.6 Å². The van der Waals surface area contributed by atoms with Crippen molar-refractivity contribution in [3.8, 4) is 11.3 Å². The van der Waals surface area contributed by atoms with Crippen LogP contribution >= 0.6 is 11.3 Å². The molecule has 0 aliphatic heterocycles. The highest BCUT2D eigenvalue weighted by molar-refractivity contribution is 7.11. The summed E-state index contributed by atoms with van der Waals surface area (Å²) in [5.41, 5.74) is 3.77. The monoisotopic (exact) mass is 311 g/mol. The summed E-state index contributed by atoms with van der Waals surface area (Å²) in [6.07, 6.45) is 9.34. The first-order valence-electron chi connectivity index (χ1n) is 7.09. The molecule has 110 valence electrons. The fraction of sp³-hybridized carbons (Fsp3) is 0.188. The maximum Gasteiger partial charge on any atom is 0.365 e. The molecule has 0 aromatic carbocycles. The molecule has 1 aliphatic rings. The molecule has 0 unspecified atom stereocenters. The van der Waals surface area contributed by atoms with Crippen LogP contribution in [0, 0.1) is 0 Å². The van der Waals surface area contributed by atoms with E-state index in [1.165, 1.54) is 5.70 Å². The van der Waals surface area contributed by atoms with Crippen LogP contribution in [-0.2, 0) is 0 Å². The fourth-order valence-electron chi connectivity index (χ4n) is 2.85. The van der Waals surface area contributed by atoms with E-state index in [1.54, 1.807) is 11.6 Å². The minimum absolute atomic E-state index is 0.111. The van der Waals surface area contributed by atoms with Crippen molar-refractivity contribution < 1.29 is 9.90 Å². The van der Waals surface area contributed by atoms with Crippen molar-refractivity contribution in [3.05, 3.63) is 41.0 Å². The van der Waals surface area contributed by atoms with Gasteiger partial charge in [-0.1, -0.05) is 6.08 Å². The minimum Gasteiger partial charge on any atom is -0.476 e. The fourth-order valence-corrected chi connectivity index (χ4v) is 3.51. The summed E-state index contributed by atoms with van der Waals surface area (Å²) >= 11 is 1.15. The van der Waals surface area contributed by atoms with Crippen LogP contribution in [0.2, 0.25) is 0 Å². The number of thiazole rings is 1. The molecule has 3 aromatic rings. The maximum absolute atomic E-state index is 11.0. The number of aromatic carboxylic acids is 1. The van der Waals surface area contributed by atoms with Gasteiger partial charge in [0.2, 0.25) is 5.01 Å². The molecule has 0 amide bonds. The molecule has 0 bridgehead atoms. The Hall–Kier alpha value is -2.47. The van der Waals surface area contributed by atoms with Crippen molar-refractivity contribution in [2.75, 3.05) is 0 Å². The smallest absolute Gasteiger partial charge is 0.365 e. The van der Waals surface area contributed by atoms with E-state index in [2.05, 4.69) is 20.6 Å². The first-order chi connectivity index (χ1) is 10.7. The quantitative estimate of drug-likeness (QED) is 0.797. The standard InChI is InChI=1S/C16H13N3O2S/c20-16(21)15-18-13(9-22-15)12-8-19(10-4-1-2-5-10)14-11(12)6-3-7-17-14/h3-4,6-9H,1-2,5H2,(H,20,21). The molecule has 0 fully saturated rings. The normalized spacial score (nSPS) is 14.5. The number of carboxylic acid groups (broad SMARTS) is 1. The summed E-state index contributed by atoms with van der Waals surface area (Å²) in [6, 6.07) is 3.90. The zero-order chi connectivity index (χ0) is 15.1. The Morgan fingerprint density at radius 3 is 3.05 bits per heavy atom. The Kier molecular flexibility index (Phi) is 3.04. The van der Waals surface area contributed by atoms with Gasteiger partial charge in [0.1, 0.15) is 5.65 Å². The number of rotatable bonds is 3. The van der Waals surface area contributed by atoms with Crippen molar-refractivity contribution in [1.29, 1.82) is 0 Å². The number of carbonyl (C=O) groups is 1. The molecule has 3 heterocycles. The van der Waals surface area contributed by atoms with Crippen molar-refractivity contribution in [2.24, 2.45) is 0 Å². The summed E-state index contributed by atoms with van der Waals surface area (Å²) in [4.78, 5) is 19.8. The van der Waals surface area contributed by atoms with E-state index in [1.807, 2.05) is 18.3 Å². The predicted molar refractivity (Wildman–Crippen MR) is 85.9 cm³/mol. The summed E-state index contributed by atoms with van der Waals surface area (Å²) in [7, 11) is 0. The molecule has 0 radical (unpaired) electrons. The second-order valence-electron chi connectivity index (χ2n) is 5.22. The molecule has 0 saturated heterocycles. The SMILES string of the molecule is O=C(O)c1nc(-c2cn(C3=CCCC3)c3ncccc23)cs1. The van der Waals surface area contributed by atoms with Crippen LogP contribution in [0.5, 0.6) is 0 Å². The lowest BCUT2D eigenvalue weighted by Crippen LogP contribution is -1.94. The number of fused-ring (bicyclic) bond motifs is 1. The van der Waals surface area contributed by atoms with E-state index in [0.717, 1.165) is 47.2 Å². The average molecular weight is 311 g/mol. The molecule has 0 spiro atoms. The molecule has 6 heteroatoms. The summed E-state index contributed by atoms with van der Waals surface area (Å²) in [6.45, 7) is 0. The van der Waals surface area contributed by atoms with Gasteiger partial charge >= 0.3 is 5.97 Å². The van der Waals surface area contributed by atoms with Crippen molar-refractivity contribution >= 4 is 34.0 Å². The highest BCUT2D eigenvalue weighted by Gasteiger charge is 2.18. The van der Waals surface area contributed by atoms with Gasteiger partial charge in [0.05, 0.1) is 5.69 Å². The number of allylic oxidation sites excluding steroid dienone is 2. The highest BCUT2D eigenvalue weighted by Crippen LogP contribution is 2.34. The van der Waals surface area contributed by atoms with Crippen LogP contribution in [0.4, 0.5) is 0 Å². The second kappa shape index (κ2) is 5.06. The van der Waals surface area contributed by atoms with Gasteiger partial charge in [0.15, 0.2) is 0 Å². The third-order valence-corrected chi connectivity index (χ3v) is 4.68. The van der Waals surface area contributed by atoms with E-state index in [0.29, 0.717) is 5.69 Å². The van der Waals surface area contributed by atoms with Crippen molar-refractivity contribution in [2.45, 2.75) is 19.3 Å². The Morgan fingerprint density at radius 1 is 1.41 bits per heavy atom. The number of hydrogen-bond acceptors (Lipinski definition) is 4. The first-order valence-corrected chi connectivity index (χ1v) is 7.96. The van der Waals surface area contributed by atoms with Gasteiger partial charge in [-0.15, -0.1) is 11.3 Å². The van der Waals surface area contributed by atoms with Crippen molar-refractivity contribution in [3.63, 3.8) is 0 Å². The molecule has 5 nitrogen and oxygen atoms in total. The number of carboxylic acids is 1. The lowest BCUT2D eigenvalue weighted by molar-refractivity contribution is 0.0696. The van der Waals surface area contributed by atoms with E-state index >= 15 is 0 Å². The summed E-state index contributed by atoms with van der Waals surface area (Å²) in [5.74, 6) is -0.989. The maximum atomic E-state index is 11.0. The van der Waals surface area contributed by atoms with Gasteiger partial charge in [-0.2, -0.15) is 0 Å². The van der Waals surface area contributed by atoms with Crippen molar-refractivity contribution in [1.82, 2.24) is 14.5 Å². The van der Waals surface area contributed by atoms with Crippen LogP contribution < -0.4 is 0 Å². The van der Waals surface area contributed by atoms with Crippen LogP contribution in [0.15, 0.2) is 36.0 Å². The number of nitrogens with zero attached hydrogens (tertiary/aromatic N) is 3. The average Bonchev–Trinajstić information content (AvgIpc) is 3.25. The summed E-state index contributed by atoms with van der Waals surface area (Å²) < 4.78 is 2.11. The Bertz CT molecular complexity index is 907. The number of aromatic nitrogens is 3. The molecule has 4 rings (SSSR count). The van der Waals surface area contributed by atoms with Gasteiger partial charge in [0.25, 0.3) is 0 Å². The number of hydrogen-bond donors (Lipinski definition) is 1. The molecule has 22 heavy (non-hydrogen) atoms. The van der Waals surface area contributed by atoms with Crippen LogP contribution in [0.3, 0.4) is 0 Å².